The number of rotatable bonds is 7. The van der Waals surface area contributed by atoms with Crippen LogP contribution in [0, 0.1) is 0 Å². The minimum absolute atomic E-state index is 0.0125. The molecule has 1 N–H and O–H groups in total. The van der Waals surface area contributed by atoms with Crippen molar-refractivity contribution in [3.8, 4) is 0 Å². The molecule has 1 atom stereocenters. The SMILES string of the molecule is CCCNC(=O)CSc1nnnn1CC1CCCO1. The van der Waals surface area contributed by atoms with Crippen molar-refractivity contribution in [2.24, 2.45) is 0 Å². The van der Waals surface area contributed by atoms with Gasteiger partial charge in [-0.1, -0.05) is 18.7 Å². The van der Waals surface area contributed by atoms with Gasteiger partial charge in [-0.3, -0.25) is 4.79 Å². The lowest BCUT2D eigenvalue weighted by Gasteiger charge is -2.09. The summed E-state index contributed by atoms with van der Waals surface area (Å²) < 4.78 is 7.27. The molecule has 2 rings (SSSR count). The summed E-state index contributed by atoms with van der Waals surface area (Å²) in [5, 5.41) is 15.0. The molecule has 8 heteroatoms. The van der Waals surface area contributed by atoms with Crippen LogP contribution in [-0.2, 0) is 16.1 Å². The predicted molar refractivity (Wildman–Crippen MR) is 70.8 cm³/mol. The van der Waals surface area contributed by atoms with Crippen molar-refractivity contribution in [3.63, 3.8) is 0 Å². The zero-order valence-electron chi connectivity index (χ0n) is 11.0. The summed E-state index contributed by atoms with van der Waals surface area (Å²) in [5.74, 6) is 0.352. The number of hydrogen-bond acceptors (Lipinski definition) is 6. The van der Waals surface area contributed by atoms with Crippen molar-refractivity contribution in [1.29, 1.82) is 0 Å². The van der Waals surface area contributed by atoms with Crippen LogP contribution in [0.4, 0.5) is 0 Å². The Morgan fingerprint density at radius 2 is 2.53 bits per heavy atom. The van der Waals surface area contributed by atoms with Crippen molar-refractivity contribution in [1.82, 2.24) is 25.5 Å². The molecular formula is C11H19N5O2S. The Labute approximate surface area is 116 Å². The number of hydrogen-bond donors (Lipinski definition) is 1. The lowest BCUT2D eigenvalue weighted by molar-refractivity contribution is -0.118. The van der Waals surface area contributed by atoms with E-state index in [0.29, 0.717) is 24.0 Å². The second kappa shape index (κ2) is 7.44. The Morgan fingerprint density at radius 3 is 3.26 bits per heavy atom. The Balaban J connectivity index is 1.80. The average molecular weight is 285 g/mol. The summed E-state index contributed by atoms with van der Waals surface area (Å²) in [6, 6.07) is 0. The van der Waals surface area contributed by atoms with E-state index in [-0.39, 0.29) is 12.0 Å². The van der Waals surface area contributed by atoms with Gasteiger partial charge in [0.15, 0.2) is 0 Å². The highest BCUT2D eigenvalue weighted by Crippen LogP contribution is 2.18. The summed E-state index contributed by atoms with van der Waals surface area (Å²) >= 11 is 1.35. The molecule has 7 nitrogen and oxygen atoms in total. The number of carbonyl (C=O) groups is 1. The van der Waals surface area contributed by atoms with Crippen molar-refractivity contribution in [2.45, 2.75) is 44.0 Å². The maximum atomic E-state index is 11.5. The van der Waals surface area contributed by atoms with Gasteiger partial charge < -0.3 is 10.1 Å². The van der Waals surface area contributed by atoms with Crippen LogP contribution in [0.5, 0.6) is 0 Å². The van der Waals surface area contributed by atoms with Gasteiger partial charge in [0.25, 0.3) is 0 Å². The fraction of sp³-hybridized carbons (Fsp3) is 0.818. The quantitative estimate of drug-likeness (QED) is 0.733. The van der Waals surface area contributed by atoms with Gasteiger partial charge >= 0.3 is 0 Å². The molecule has 1 aromatic heterocycles. The third kappa shape index (κ3) is 4.46. The van der Waals surface area contributed by atoms with E-state index in [2.05, 4.69) is 20.8 Å². The smallest absolute Gasteiger partial charge is 0.230 e. The van der Waals surface area contributed by atoms with Crippen LogP contribution in [0.15, 0.2) is 5.16 Å². The number of ether oxygens (including phenoxy) is 1. The Morgan fingerprint density at radius 1 is 1.63 bits per heavy atom. The second-order valence-electron chi connectivity index (χ2n) is 4.42. The molecule has 0 aliphatic carbocycles. The highest BCUT2D eigenvalue weighted by Gasteiger charge is 2.19. The number of nitrogens with zero attached hydrogens (tertiary/aromatic N) is 4. The Hall–Kier alpha value is -1.15. The summed E-state index contributed by atoms with van der Waals surface area (Å²) in [4.78, 5) is 11.5. The summed E-state index contributed by atoms with van der Waals surface area (Å²) in [7, 11) is 0. The van der Waals surface area contributed by atoms with E-state index in [9.17, 15) is 4.79 Å². The van der Waals surface area contributed by atoms with Gasteiger partial charge in [-0.15, -0.1) is 5.10 Å². The lowest BCUT2D eigenvalue weighted by atomic mass is 10.2. The molecule has 106 valence electrons. The van der Waals surface area contributed by atoms with E-state index in [0.717, 1.165) is 25.9 Å². The monoisotopic (exact) mass is 285 g/mol. The highest BCUT2D eigenvalue weighted by molar-refractivity contribution is 7.99. The standard InChI is InChI=1S/C11H19N5O2S/c1-2-5-12-10(17)8-19-11-13-14-15-16(11)7-9-4-3-6-18-9/h9H,2-8H2,1H3,(H,12,17). The average Bonchev–Trinajstić information content (AvgIpc) is 3.06. The van der Waals surface area contributed by atoms with Crippen molar-refractivity contribution in [3.05, 3.63) is 0 Å². The van der Waals surface area contributed by atoms with Crippen LogP contribution in [0.3, 0.4) is 0 Å². The van der Waals surface area contributed by atoms with Crippen molar-refractivity contribution in [2.75, 3.05) is 18.9 Å². The van der Waals surface area contributed by atoms with Gasteiger partial charge in [-0.25, -0.2) is 4.68 Å². The first-order valence-corrected chi connectivity index (χ1v) is 7.55. The van der Waals surface area contributed by atoms with Crippen LogP contribution >= 0.6 is 11.8 Å². The molecule has 1 amide bonds. The van der Waals surface area contributed by atoms with Gasteiger partial charge in [0.2, 0.25) is 11.1 Å². The number of aromatic nitrogens is 4. The highest BCUT2D eigenvalue weighted by atomic mass is 32.2. The maximum absolute atomic E-state index is 11.5. The third-order valence-electron chi connectivity index (χ3n) is 2.80. The molecule has 2 heterocycles. The van der Waals surface area contributed by atoms with E-state index < -0.39 is 0 Å². The van der Waals surface area contributed by atoms with Crippen LogP contribution < -0.4 is 5.32 Å². The molecule has 0 aromatic carbocycles. The fourth-order valence-electron chi connectivity index (χ4n) is 1.84. The van der Waals surface area contributed by atoms with Gasteiger partial charge in [0.05, 0.1) is 18.4 Å². The minimum atomic E-state index is 0.0125. The predicted octanol–water partition coefficient (Wildman–Crippen LogP) is 0.470. The molecule has 1 aliphatic heterocycles. The molecule has 0 radical (unpaired) electrons. The number of thioether (sulfide) groups is 1. The van der Waals surface area contributed by atoms with E-state index in [1.54, 1.807) is 4.68 Å². The maximum Gasteiger partial charge on any atom is 0.230 e. The Bertz CT molecular complexity index is 406. The Kier molecular flexibility index (Phi) is 5.59. The second-order valence-corrected chi connectivity index (χ2v) is 5.36. The van der Waals surface area contributed by atoms with Crippen molar-refractivity contribution < 1.29 is 9.53 Å². The summed E-state index contributed by atoms with van der Waals surface area (Å²) in [6.07, 6.45) is 3.26. The van der Waals surface area contributed by atoms with Crippen LogP contribution in [-0.4, -0.2) is 51.1 Å². The number of carbonyl (C=O) groups excluding carboxylic acids is 1. The number of tetrazole rings is 1. The van der Waals surface area contributed by atoms with Crippen LogP contribution in [0.25, 0.3) is 0 Å². The summed E-state index contributed by atoms with van der Waals surface area (Å²) in [6.45, 7) is 4.20. The number of nitrogens with one attached hydrogen (secondary N) is 1. The minimum Gasteiger partial charge on any atom is -0.376 e. The molecule has 0 bridgehead atoms. The molecule has 0 spiro atoms. The van der Waals surface area contributed by atoms with Gasteiger partial charge in [0.1, 0.15) is 0 Å². The zero-order chi connectivity index (χ0) is 13.5. The molecule has 0 saturated carbocycles. The van der Waals surface area contributed by atoms with Crippen molar-refractivity contribution >= 4 is 17.7 Å². The summed E-state index contributed by atoms with van der Waals surface area (Å²) in [5.41, 5.74) is 0. The first kappa shape index (κ1) is 14.3. The first-order chi connectivity index (χ1) is 9.29. The normalized spacial score (nSPS) is 18.7. The first-order valence-electron chi connectivity index (χ1n) is 6.57. The van der Waals surface area contributed by atoms with E-state index >= 15 is 0 Å². The molecule has 19 heavy (non-hydrogen) atoms. The van der Waals surface area contributed by atoms with Crippen LogP contribution in [0.1, 0.15) is 26.2 Å². The largest absolute Gasteiger partial charge is 0.376 e. The molecular weight excluding hydrogens is 266 g/mol. The molecule has 1 saturated heterocycles. The molecule has 1 aliphatic rings. The third-order valence-corrected chi connectivity index (χ3v) is 3.76. The van der Waals surface area contributed by atoms with E-state index in [4.69, 9.17) is 4.74 Å². The van der Waals surface area contributed by atoms with E-state index in [1.807, 2.05) is 6.92 Å². The number of amides is 1. The lowest BCUT2D eigenvalue weighted by Crippen LogP contribution is -2.26. The van der Waals surface area contributed by atoms with E-state index in [1.165, 1.54) is 11.8 Å². The fourth-order valence-corrected chi connectivity index (χ4v) is 2.56. The topological polar surface area (TPSA) is 81.9 Å². The van der Waals surface area contributed by atoms with Crippen LogP contribution in [0.2, 0.25) is 0 Å². The molecule has 1 aromatic rings. The van der Waals surface area contributed by atoms with Gasteiger partial charge in [-0.05, 0) is 29.7 Å². The molecule has 1 unspecified atom stereocenters. The van der Waals surface area contributed by atoms with Gasteiger partial charge in [-0.2, -0.15) is 0 Å². The van der Waals surface area contributed by atoms with Gasteiger partial charge in [0, 0.05) is 13.2 Å². The molecule has 1 fully saturated rings. The zero-order valence-corrected chi connectivity index (χ0v) is 11.9.